The van der Waals surface area contributed by atoms with Crippen molar-refractivity contribution in [2.75, 3.05) is 51.3 Å². The summed E-state index contributed by atoms with van der Waals surface area (Å²) < 4.78 is 17.2. The van der Waals surface area contributed by atoms with E-state index in [2.05, 4.69) is 38.4 Å². The molecule has 6 nitrogen and oxygen atoms in total. The molecule has 0 aliphatic carbocycles. The van der Waals surface area contributed by atoms with Crippen LogP contribution >= 0.6 is 11.5 Å². The summed E-state index contributed by atoms with van der Waals surface area (Å²) in [5.74, 6) is 2.43. The number of methoxy groups -OCH3 is 1. The van der Waals surface area contributed by atoms with E-state index in [4.69, 9.17) is 9.47 Å². The molecule has 1 saturated heterocycles. The molecule has 0 bridgehead atoms. The number of rotatable bonds is 8. The molecule has 3 aromatic rings. The lowest BCUT2D eigenvalue weighted by molar-refractivity contribution is 0.101. The Labute approximate surface area is 181 Å². The van der Waals surface area contributed by atoms with Gasteiger partial charge in [0.2, 0.25) is 0 Å². The predicted octanol–water partition coefficient (Wildman–Crippen LogP) is 4.10. The fourth-order valence-electron chi connectivity index (χ4n) is 3.76. The van der Waals surface area contributed by atoms with Gasteiger partial charge in [-0.25, -0.2) is 0 Å². The van der Waals surface area contributed by atoms with Crippen LogP contribution in [-0.2, 0) is 0 Å². The van der Waals surface area contributed by atoms with Gasteiger partial charge >= 0.3 is 0 Å². The first-order valence-electron chi connectivity index (χ1n) is 10.3. The number of ether oxygens (including phenoxy) is 2. The van der Waals surface area contributed by atoms with Crippen molar-refractivity contribution in [3.05, 3.63) is 48.0 Å². The van der Waals surface area contributed by atoms with E-state index >= 15 is 0 Å². The molecule has 1 aliphatic heterocycles. The number of hydrogen-bond donors (Lipinski definition) is 0. The van der Waals surface area contributed by atoms with Crippen molar-refractivity contribution < 1.29 is 14.3 Å². The van der Waals surface area contributed by atoms with Gasteiger partial charge in [-0.15, -0.1) is 0 Å². The Kier molecular flexibility index (Phi) is 6.50. The molecule has 1 aromatic heterocycles. The van der Waals surface area contributed by atoms with Crippen molar-refractivity contribution in [3.8, 4) is 11.5 Å². The maximum atomic E-state index is 11.5. The normalized spacial score (nSPS) is 14.8. The molecule has 0 radical (unpaired) electrons. The van der Waals surface area contributed by atoms with E-state index in [0.717, 1.165) is 45.0 Å². The minimum atomic E-state index is 0.0182. The van der Waals surface area contributed by atoms with Gasteiger partial charge < -0.3 is 14.4 Å². The second kappa shape index (κ2) is 9.45. The first-order valence-corrected chi connectivity index (χ1v) is 11.1. The standard InChI is InChI=1S/C23H27N3O3S/c1-17(27)18-8-9-20(21(16-18)28-2)29-15-5-10-25-11-13-26(14-12-25)23-19-6-3-4-7-22(19)30-24-23/h3-4,6-9,16H,5,10-15H2,1-2H3. The summed E-state index contributed by atoms with van der Waals surface area (Å²) in [6.45, 7) is 7.22. The van der Waals surface area contributed by atoms with Gasteiger partial charge in [0.25, 0.3) is 0 Å². The molecule has 1 fully saturated rings. The molecule has 30 heavy (non-hydrogen) atoms. The Bertz CT molecular complexity index is 1010. The molecular weight excluding hydrogens is 398 g/mol. The number of nitrogens with zero attached hydrogens (tertiary/aromatic N) is 3. The number of carbonyl (C=O) groups is 1. The molecule has 0 N–H and O–H groups in total. The lowest BCUT2D eigenvalue weighted by Gasteiger charge is -2.35. The molecule has 1 aliphatic rings. The van der Waals surface area contributed by atoms with E-state index in [0.29, 0.717) is 23.7 Å². The molecule has 0 unspecified atom stereocenters. The van der Waals surface area contributed by atoms with E-state index in [-0.39, 0.29) is 5.78 Å². The highest BCUT2D eigenvalue weighted by Gasteiger charge is 2.20. The fourth-order valence-corrected chi connectivity index (χ4v) is 4.56. The minimum Gasteiger partial charge on any atom is -0.493 e. The quantitative estimate of drug-likeness (QED) is 0.400. The zero-order valence-electron chi connectivity index (χ0n) is 17.5. The average Bonchev–Trinajstić information content (AvgIpc) is 3.21. The molecule has 0 atom stereocenters. The second-order valence-corrected chi connectivity index (χ2v) is 8.26. The summed E-state index contributed by atoms with van der Waals surface area (Å²) >= 11 is 1.58. The molecule has 0 spiro atoms. The Morgan fingerprint density at radius 3 is 2.67 bits per heavy atom. The van der Waals surface area contributed by atoms with E-state index in [9.17, 15) is 4.79 Å². The number of ketones is 1. The number of hydrogen-bond acceptors (Lipinski definition) is 7. The highest BCUT2D eigenvalue weighted by atomic mass is 32.1. The first kappa shape index (κ1) is 20.6. The van der Waals surface area contributed by atoms with Crippen LogP contribution in [0.4, 0.5) is 5.82 Å². The van der Waals surface area contributed by atoms with Gasteiger partial charge in [-0.05, 0) is 55.2 Å². The number of benzene rings is 2. The maximum Gasteiger partial charge on any atom is 0.161 e. The zero-order chi connectivity index (χ0) is 20.9. The SMILES string of the molecule is COc1cc(C(C)=O)ccc1OCCCN1CCN(c2nsc3ccccc23)CC1. The van der Waals surface area contributed by atoms with Crippen molar-refractivity contribution >= 4 is 33.2 Å². The smallest absolute Gasteiger partial charge is 0.161 e. The van der Waals surface area contributed by atoms with Crippen LogP contribution in [0.15, 0.2) is 42.5 Å². The third-order valence-corrected chi connectivity index (χ3v) is 6.29. The lowest BCUT2D eigenvalue weighted by Crippen LogP contribution is -2.47. The number of carbonyl (C=O) groups excluding carboxylic acids is 1. The first-order chi connectivity index (χ1) is 14.7. The van der Waals surface area contributed by atoms with Gasteiger partial charge in [-0.1, -0.05) is 12.1 Å². The highest BCUT2D eigenvalue weighted by Crippen LogP contribution is 2.30. The number of Topliss-reactive ketones (excluding diaryl/α,β-unsaturated/α-hetero) is 1. The molecule has 158 valence electrons. The summed E-state index contributed by atoms with van der Waals surface area (Å²) in [7, 11) is 1.59. The third-order valence-electron chi connectivity index (χ3n) is 5.48. The molecule has 2 heterocycles. The van der Waals surface area contributed by atoms with Crippen LogP contribution in [0.3, 0.4) is 0 Å². The van der Waals surface area contributed by atoms with Crippen LogP contribution in [0.5, 0.6) is 11.5 Å². The third kappa shape index (κ3) is 4.57. The van der Waals surface area contributed by atoms with Gasteiger partial charge in [-0.2, -0.15) is 4.37 Å². The van der Waals surface area contributed by atoms with Gasteiger partial charge in [0.05, 0.1) is 18.4 Å². The van der Waals surface area contributed by atoms with Gasteiger partial charge in [0.15, 0.2) is 17.3 Å². The monoisotopic (exact) mass is 425 g/mol. The molecule has 7 heteroatoms. The lowest BCUT2D eigenvalue weighted by atomic mass is 10.1. The Morgan fingerprint density at radius 2 is 1.90 bits per heavy atom. The van der Waals surface area contributed by atoms with Crippen molar-refractivity contribution in [2.45, 2.75) is 13.3 Å². The van der Waals surface area contributed by atoms with Crippen LogP contribution in [0, 0.1) is 0 Å². The zero-order valence-corrected chi connectivity index (χ0v) is 18.3. The second-order valence-electron chi connectivity index (χ2n) is 7.45. The van der Waals surface area contributed by atoms with Crippen LogP contribution in [0.2, 0.25) is 0 Å². The van der Waals surface area contributed by atoms with Crippen LogP contribution in [0.25, 0.3) is 10.1 Å². The van der Waals surface area contributed by atoms with Crippen LogP contribution in [-0.4, -0.2) is 61.5 Å². The summed E-state index contributed by atoms with van der Waals surface area (Å²) in [5, 5.41) is 1.26. The van der Waals surface area contributed by atoms with Gasteiger partial charge in [0, 0.05) is 43.7 Å². The highest BCUT2D eigenvalue weighted by molar-refractivity contribution is 7.13. The Balaban J connectivity index is 1.23. The number of piperazine rings is 1. The van der Waals surface area contributed by atoms with Crippen molar-refractivity contribution in [1.82, 2.24) is 9.27 Å². The van der Waals surface area contributed by atoms with Gasteiger partial charge in [0.1, 0.15) is 5.82 Å². The van der Waals surface area contributed by atoms with E-state index in [1.807, 2.05) is 6.07 Å². The largest absolute Gasteiger partial charge is 0.493 e. The Morgan fingerprint density at radius 1 is 1.10 bits per heavy atom. The topological polar surface area (TPSA) is 54.9 Å². The number of aromatic nitrogens is 1. The number of anilines is 1. The fraction of sp³-hybridized carbons (Fsp3) is 0.391. The van der Waals surface area contributed by atoms with Gasteiger partial charge in [-0.3, -0.25) is 9.69 Å². The molecule has 0 amide bonds. The predicted molar refractivity (Wildman–Crippen MR) is 121 cm³/mol. The summed E-state index contributed by atoms with van der Waals surface area (Å²) in [6, 6.07) is 13.8. The summed E-state index contributed by atoms with van der Waals surface area (Å²) in [5.41, 5.74) is 0.630. The van der Waals surface area contributed by atoms with Crippen LogP contribution in [0.1, 0.15) is 23.7 Å². The van der Waals surface area contributed by atoms with Crippen LogP contribution < -0.4 is 14.4 Å². The molecular formula is C23H27N3O3S. The number of fused-ring (bicyclic) bond motifs is 1. The van der Waals surface area contributed by atoms with Crippen molar-refractivity contribution in [1.29, 1.82) is 0 Å². The van der Waals surface area contributed by atoms with Crippen molar-refractivity contribution in [2.24, 2.45) is 0 Å². The maximum absolute atomic E-state index is 11.5. The molecule has 0 saturated carbocycles. The van der Waals surface area contributed by atoms with E-state index < -0.39 is 0 Å². The average molecular weight is 426 g/mol. The summed E-state index contributed by atoms with van der Waals surface area (Å²) in [6.07, 6.45) is 0.942. The van der Waals surface area contributed by atoms with E-state index in [1.165, 1.54) is 10.1 Å². The van der Waals surface area contributed by atoms with Crippen molar-refractivity contribution in [3.63, 3.8) is 0 Å². The Hall–Kier alpha value is -2.64. The summed E-state index contributed by atoms with van der Waals surface area (Å²) in [4.78, 5) is 16.4. The molecule has 2 aromatic carbocycles. The molecule has 4 rings (SSSR count). The van der Waals surface area contributed by atoms with E-state index in [1.54, 1.807) is 37.7 Å². The minimum absolute atomic E-state index is 0.0182.